The molecule has 0 aliphatic heterocycles. The molecule has 0 saturated heterocycles. The second-order valence-electron chi connectivity index (χ2n) is 6.39. The predicted molar refractivity (Wildman–Crippen MR) is 104 cm³/mol. The molecule has 0 spiro atoms. The lowest BCUT2D eigenvalue weighted by molar-refractivity contribution is 0.483. The molecule has 130 valence electrons. The zero-order valence-electron chi connectivity index (χ0n) is 15.1. The van der Waals surface area contributed by atoms with E-state index in [0.717, 1.165) is 39.3 Å². The average Bonchev–Trinajstić information content (AvgIpc) is 2.62. The Labute approximate surface area is 151 Å². The van der Waals surface area contributed by atoms with Crippen LogP contribution in [0.4, 0.5) is 0 Å². The van der Waals surface area contributed by atoms with Crippen LogP contribution in [-0.4, -0.2) is 14.4 Å². The molecule has 0 aliphatic carbocycles. The highest BCUT2D eigenvalue weighted by molar-refractivity contribution is 7.85. The summed E-state index contributed by atoms with van der Waals surface area (Å²) < 4.78 is 18.6. The number of aryl methyl sites for hydroxylation is 2. The van der Waals surface area contributed by atoms with Crippen LogP contribution >= 0.6 is 0 Å². The number of ether oxygens (including phenoxy) is 1. The maximum Gasteiger partial charge on any atom is 0.138 e. The van der Waals surface area contributed by atoms with Crippen molar-refractivity contribution in [1.29, 1.82) is 0 Å². The van der Waals surface area contributed by atoms with E-state index in [0.29, 0.717) is 0 Å². The number of aromatic nitrogens is 1. The van der Waals surface area contributed by atoms with Crippen molar-refractivity contribution in [2.24, 2.45) is 0 Å². The van der Waals surface area contributed by atoms with E-state index < -0.39 is 10.8 Å². The van der Waals surface area contributed by atoms with Crippen LogP contribution < -0.4 is 4.74 Å². The minimum Gasteiger partial charge on any atom is -0.456 e. The van der Waals surface area contributed by atoms with Crippen LogP contribution in [0.15, 0.2) is 53.6 Å². The van der Waals surface area contributed by atoms with Crippen LogP contribution in [0.2, 0.25) is 0 Å². The molecule has 0 radical (unpaired) electrons. The Morgan fingerprint density at radius 1 is 1.08 bits per heavy atom. The number of hydrogen-bond donors (Lipinski definition) is 0. The minimum atomic E-state index is -1.04. The van der Waals surface area contributed by atoms with E-state index in [1.807, 2.05) is 44.2 Å². The van der Waals surface area contributed by atoms with Gasteiger partial charge in [-0.15, -0.1) is 0 Å². The number of rotatable bonds is 5. The van der Waals surface area contributed by atoms with Gasteiger partial charge in [-0.1, -0.05) is 32.9 Å². The third kappa shape index (κ3) is 3.74. The Balaban J connectivity index is 2.04. The first-order valence-electron chi connectivity index (χ1n) is 8.56. The van der Waals surface area contributed by atoms with Gasteiger partial charge in [-0.25, -0.2) is 0 Å². The van der Waals surface area contributed by atoms with Crippen LogP contribution in [0.3, 0.4) is 0 Å². The van der Waals surface area contributed by atoms with Gasteiger partial charge in [0.1, 0.15) is 11.5 Å². The van der Waals surface area contributed by atoms with E-state index in [1.165, 1.54) is 5.56 Å². The standard InChI is InChI=1S/C21H23NO2S/c1-5-16-6-9-20(15(4)12-16)24-21-10-11-22-19-8-7-17(13-18(19)21)25(23)14(2)3/h6-14H,5H2,1-4H3. The molecule has 1 aromatic heterocycles. The summed E-state index contributed by atoms with van der Waals surface area (Å²) in [5.41, 5.74) is 3.23. The van der Waals surface area contributed by atoms with Crippen molar-refractivity contribution in [1.82, 2.24) is 4.98 Å². The van der Waals surface area contributed by atoms with E-state index in [-0.39, 0.29) is 5.25 Å². The summed E-state index contributed by atoms with van der Waals surface area (Å²) in [6.45, 7) is 8.11. The second kappa shape index (κ2) is 7.36. The van der Waals surface area contributed by atoms with Crippen molar-refractivity contribution in [2.45, 2.75) is 44.3 Å². The number of nitrogens with zero attached hydrogens (tertiary/aromatic N) is 1. The fraction of sp³-hybridized carbons (Fsp3) is 0.286. The van der Waals surface area contributed by atoms with Crippen molar-refractivity contribution in [3.05, 3.63) is 59.8 Å². The lowest BCUT2D eigenvalue weighted by Crippen LogP contribution is -2.05. The molecule has 4 heteroatoms. The van der Waals surface area contributed by atoms with Gasteiger partial charge in [0.15, 0.2) is 0 Å². The second-order valence-corrected chi connectivity index (χ2v) is 8.40. The monoisotopic (exact) mass is 353 g/mol. The van der Waals surface area contributed by atoms with Gasteiger partial charge in [0.05, 0.1) is 16.3 Å². The summed E-state index contributed by atoms with van der Waals surface area (Å²) in [5, 5.41) is 0.954. The molecule has 1 unspecified atom stereocenters. The normalized spacial score (nSPS) is 12.5. The molecule has 0 amide bonds. The van der Waals surface area contributed by atoms with E-state index in [4.69, 9.17) is 4.74 Å². The minimum absolute atomic E-state index is 0.0716. The Morgan fingerprint density at radius 3 is 2.56 bits per heavy atom. The summed E-state index contributed by atoms with van der Waals surface area (Å²) in [6.07, 6.45) is 2.75. The molecule has 25 heavy (non-hydrogen) atoms. The summed E-state index contributed by atoms with van der Waals surface area (Å²) in [5.74, 6) is 1.57. The summed E-state index contributed by atoms with van der Waals surface area (Å²) in [6, 6.07) is 13.8. The first-order valence-corrected chi connectivity index (χ1v) is 9.77. The van der Waals surface area contributed by atoms with Gasteiger partial charge in [-0.3, -0.25) is 9.19 Å². The quantitative estimate of drug-likeness (QED) is 0.615. The Bertz CT molecular complexity index is 934. The number of fused-ring (bicyclic) bond motifs is 1. The van der Waals surface area contributed by atoms with Crippen LogP contribution in [0.5, 0.6) is 11.5 Å². The molecule has 0 saturated carbocycles. The Hall–Kier alpha value is -2.20. The van der Waals surface area contributed by atoms with Gasteiger partial charge < -0.3 is 4.74 Å². The summed E-state index contributed by atoms with van der Waals surface area (Å²) in [7, 11) is -1.04. The molecule has 3 aromatic rings. The van der Waals surface area contributed by atoms with Gasteiger partial charge in [-0.2, -0.15) is 0 Å². The van der Waals surface area contributed by atoms with Gasteiger partial charge in [0.25, 0.3) is 0 Å². The maximum absolute atomic E-state index is 12.4. The summed E-state index contributed by atoms with van der Waals surface area (Å²) in [4.78, 5) is 5.20. The van der Waals surface area contributed by atoms with Gasteiger partial charge >= 0.3 is 0 Å². The highest BCUT2D eigenvalue weighted by atomic mass is 32.2. The molecule has 0 bridgehead atoms. The van der Waals surface area contributed by atoms with Crippen LogP contribution in [-0.2, 0) is 17.2 Å². The van der Waals surface area contributed by atoms with Crippen LogP contribution in [0.25, 0.3) is 10.9 Å². The highest BCUT2D eigenvalue weighted by Gasteiger charge is 2.12. The van der Waals surface area contributed by atoms with Crippen molar-refractivity contribution in [3.63, 3.8) is 0 Å². The lowest BCUT2D eigenvalue weighted by Gasteiger charge is -2.13. The van der Waals surface area contributed by atoms with E-state index >= 15 is 0 Å². The average molecular weight is 353 g/mol. The van der Waals surface area contributed by atoms with Gasteiger partial charge in [-0.05, 0) is 54.8 Å². The van der Waals surface area contributed by atoms with E-state index in [1.54, 1.807) is 6.20 Å². The Morgan fingerprint density at radius 2 is 1.88 bits per heavy atom. The van der Waals surface area contributed by atoms with Crippen molar-refractivity contribution in [3.8, 4) is 11.5 Å². The first-order chi connectivity index (χ1) is 12.0. The molecular weight excluding hydrogens is 330 g/mol. The van der Waals surface area contributed by atoms with Crippen molar-refractivity contribution in [2.75, 3.05) is 0 Å². The van der Waals surface area contributed by atoms with Crippen molar-refractivity contribution >= 4 is 21.7 Å². The fourth-order valence-corrected chi connectivity index (χ4v) is 3.73. The highest BCUT2D eigenvalue weighted by Crippen LogP contribution is 2.32. The molecule has 1 heterocycles. The zero-order valence-corrected chi connectivity index (χ0v) is 15.9. The molecule has 3 rings (SSSR count). The number of benzene rings is 2. The molecule has 0 N–H and O–H groups in total. The molecule has 3 nitrogen and oxygen atoms in total. The lowest BCUT2D eigenvalue weighted by atomic mass is 10.1. The SMILES string of the molecule is CCc1ccc(Oc2ccnc3ccc(S(=O)C(C)C)cc23)c(C)c1. The van der Waals surface area contributed by atoms with Gasteiger partial charge in [0, 0.05) is 21.7 Å². The van der Waals surface area contributed by atoms with Gasteiger partial charge in [0.2, 0.25) is 0 Å². The number of hydrogen-bond acceptors (Lipinski definition) is 3. The van der Waals surface area contributed by atoms with Crippen LogP contribution in [0, 0.1) is 6.92 Å². The smallest absolute Gasteiger partial charge is 0.138 e. The molecule has 2 aromatic carbocycles. The van der Waals surface area contributed by atoms with Crippen LogP contribution in [0.1, 0.15) is 31.9 Å². The largest absolute Gasteiger partial charge is 0.456 e. The molecule has 1 atom stereocenters. The van der Waals surface area contributed by atoms with E-state index in [9.17, 15) is 4.21 Å². The molecule has 0 aliphatic rings. The molecular formula is C21H23NO2S. The number of pyridine rings is 1. The van der Waals surface area contributed by atoms with E-state index in [2.05, 4.69) is 31.0 Å². The first kappa shape index (κ1) is 17.6. The van der Waals surface area contributed by atoms with Crippen molar-refractivity contribution < 1.29 is 8.95 Å². The Kier molecular flexibility index (Phi) is 5.19. The third-order valence-electron chi connectivity index (χ3n) is 4.20. The predicted octanol–water partition coefficient (Wildman–Crippen LogP) is 5.41. The zero-order chi connectivity index (χ0) is 18.0. The molecule has 0 fully saturated rings. The summed E-state index contributed by atoms with van der Waals surface area (Å²) >= 11 is 0. The topological polar surface area (TPSA) is 39.2 Å². The maximum atomic E-state index is 12.4. The fourth-order valence-electron chi connectivity index (χ4n) is 2.75. The third-order valence-corrected chi connectivity index (χ3v) is 5.78.